The smallest absolute Gasteiger partial charge is 0.233 e. The minimum Gasteiger partial charge on any atom is -0.341 e. The first-order valence-electron chi connectivity index (χ1n) is 8.17. The third-order valence-electron chi connectivity index (χ3n) is 4.26. The molecule has 10 heteroatoms. The first-order chi connectivity index (χ1) is 12.8. The molecule has 0 radical (unpaired) electrons. The van der Waals surface area contributed by atoms with Gasteiger partial charge < -0.3 is 4.90 Å². The van der Waals surface area contributed by atoms with Crippen LogP contribution in [0.3, 0.4) is 0 Å². The molecule has 0 atom stereocenters. The number of hydrogen-bond donors (Lipinski definition) is 1. The highest BCUT2D eigenvalue weighted by atomic mass is 127. The maximum absolute atomic E-state index is 11.6. The van der Waals surface area contributed by atoms with Gasteiger partial charge >= 0.3 is 0 Å². The molecule has 1 aliphatic rings. The lowest BCUT2D eigenvalue weighted by Crippen LogP contribution is -2.44. The average Bonchev–Trinajstić information content (AvgIpc) is 2.65. The van der Waals surface area contributed by atoms with Crippen molar-refractivity contribution in [2.45, 2.75) is 18.9 Å². The largest absolute Gasteiger partial charge is 0.341 e. The number of benzene rings is 1. The summed E-state index contributed by atoms with van der Waals surface area (Å²) in [5.41, 5.74) is 1.65. The summed E-state index contributed by atoms with van der Waals surface area (Å²) in [5.74, 6) is 0.611. The zero-order valence-corrected chi connectivity index (χ0v) is 18.7. The van der Waals surface area contributed by atoms with Crippen LogP contribution in [0.4, 0.5) is 5.95 Å². The number of nitrogens with one attached hydrogen (secondary N) is 1. The van der Waals surface area contributed by atoms with Crippen molar-refractivity contribution in [2.24, 2.45) is 0 Å². The Kier molecular flexibility index (Phi) is 6.62. The Hall–Kier alpha value is -0.940. The maximum atomic E-state index is 11.6. The zero-order chi connectivity index (χ0) is 19.6. The summed E-state index contributed by atoms with van der Waals surface area (Å²) < 4.78 is 26.8. The molecule has 1 aromatic heterocycles. The van der Waals surface area contributed by atoms with Gasteiger partial charge in [0.25, 0.3) is 0 Å². The van der Waals surface area contributed by atoms with Gasteiger partial charge in [0, 0.05) is 39.9 Å². The third kappa shape index (κ3) is 5.11. The number of nitrogens with zero attached hydrogens (tertiary/aromatic N) is 3. The summed E-state index contributed by atoms with van der Waals surface area (Å²) >= 11 is 14.4. The fraction of sp³-hybridized carbons (Fsp3) is 0.294. The molecule has 0 spiro atoms. The molecule has 0 amide bonds. The second-order valence-electron chi connectivity index (χ2n) is 6.08. The Bertz CT molecular complexity index is 963. The molecule has 0 aliphatic carbocycles. The van der Waals surface area contributed by atoms with Gasteiger partial charge in [-0.05, 0) is 53.6 Å². The molecule has 1 N–H and O–H groups in total. The van der Waals surface area contributed by atoms with Crippen LogP contribution in [-0.2, 0) is 10.0 Å². The third-order valence-corrected chi connectivity index (χ3v) is 6.97. The van der Waals surface area contributed by atoms with Crippen LogP contribution in [0.5, 0.6) is 0 Å². The minimum atomic E-state index is -3.42. The Morgan fingerprint density at radius 1 is 1.26 bits per heavy atom. The second kappa shape index (κ2) is 8.60. The Morgan fingerprint density at radius 2 is 1.93 bits per heavy atom. The van der Waals surface area contributed by atoms with Crippen LogP contribution < -0.4 is 9.62 Å². The van der Waals surface area contributed by atoms with Gasteiger partial charge in [0.15, 0.2) is 0 Å². The van der Waals surface area contributed by atoms with Crippen molar-refractivity contribution < 1.29 is 8.42 Å². The van der Waals surface area contributed by atoms with Crippen LogP contribution in [0.15, 0.2) is 36.4 Å². The molecule has 2 aromatic rings. The molecule has 1 aliphatic heterocycles. The zero-order valence-electron chi connectivity index (χ0n) is 14.2. The number of rotatable bonds is 5. The molecule has 1 saturated heterocycles. The molecule has 0 bridgehead atoms. The molecule has 2 heterocycles. The molecule has 1 aromatic carbocycles. The molecule has 0 unspecified atom stereocenters. The summed E-state index contributed by atoms with van der Waals surface area (Å²) in [5, 5.41) is 1.91. The summed E-state index contributed by atoms with van der Waals surface area (Å²) in [4.78, 5) is 11.1. The van der Waals surface area contributed by atoms with Crippen LogP contribution in [0, 0.1) is 3.57 Å². The maximum Gasteiger partial charge on any atom is 0.233 e. The quantitative estimate of drug-likeness (QED) is 0.458. The van der Waals surface area contributed by atoms with Crippen LogP contribution in [-0.4, -0.2) is 37.5 Å². The predicted octanol–water partition coefficient (Wildman–Crippen LogP) is 4.09. The van der Waals surface area contributed by atoms with Gasteiger partial charge in [-0.2, -0.15) is 0 Å². The van der Waals surface area contributed by atoms with E-state index in [0.717, 1.165) is 20.2 Å². The van der Waals surface area contributed by atoms with Crippen molar-refractivity contribution in [2.75, 3.05) is 18.0 Å². The van der Waals surface area contributed by atoms with E-state index in [2.05, 4.69) is 43.9 Å². The van der Waals surface area contributed by atoms with E-state index in [1.165, 1.54) is 0 Å². The van der Waals surface area contributed by atoms with Gasteiger partial charge in [-0.1, -0.05) is 29.8 Å². The number of piperidine rings is 1. The van der Waals surface area contributed by atoms with Gasteiger partial charge in [0.2, 0.25) is 16.0 Å². The molecular formula is C17H17Cl2IN4O2S. The van der Waals surface area contributed by atoms with E-state index < -0.39 is 10.0 Å². The van der Waals surface area contributed by atoms with Crippen LogP contribution in [0.2, 0.25) is 10.0 Å². The van der Waals surface area contributed by atoms with Crippen molar-refractivity contribution in [3.63, 3.8) is 0 Å². The second-order valence-corrected chi connectivity index (χ2v) is 9.71. The lowest BCUT2D eigenvalue weighted by Gasteiger charge is -2.32. The molecule has 27 heavy (non-hydrogen) atoms. The lowest BCUT2D eigenvalue weighted by atomic mass is 10.1. The normalized spacial score (nSPS) is 15.7. The summed E-state index contributed by atoms with van der Waals surface area (Å²) in [7, 11) is -3.42. The van der Waals surface area contributed by atoms with Gasteiger partial charge in [-0.25, -0.2) is 23.1 Å². The molecular weight excluding hydrogens is 522 g/mol. The van der Waals surface area contributed by atoms with Crippen molar-refractivity contribution >= 4 is 61.8 Å². The first-order valence-corrected chi connectivity index (χ1v) is 11.5. The predicted molar refractivity (Wildman–Crippen MR) is 118 cm³/mol. The highest BCUT2D eigenvalue weighted by Crippen LogP contribution is 2.33. The fourth-order valence-electron chi connectivity index (χ4n) is 2.85. The molecule has 6 nitrogen and oxygen atoms in total. The topological polar surface area (TPSA) is 75.2 Å². The number of anilines is 1. The van der Waals surface area contributed by atoms with E-state index in [1.807, 2.05) is 11.0 Å². The lowest BCUT2D eigenvalue weighted by molar-refractivity contribution is 0.459. The minimum absolute atomic E-state index is 0.108. The van der Waals surface area contributed by atoms with Crippen molar-refractivity contribution in [1.82, 2.24) is 14.7 Å². The highest BCUT2D eigenvalue weighted by Gasteiger charge is 2.24. The van der Waals surface area contributed by atoms with Crippen LogP contribution in [0.25, 0.3) is 11.3 Å². The van der Waals surface area contributed by atoms with E-state index >= 15 is 0 Å². The molecule has 1 fully saturated rings. The SMILES string of the molecule is C=CS(=O)(=O)NC1CCN(c2nccc(-c3cc(Cl)c(Cl)cc3I)n2)CC1. The van der Waals surface area contributed by atoms with Gasteiger partial charge in [-0.15, -0.1) is 0 Å². The van der Waals surface area contributed by atoms with E-state index in [1.54, 1.807) is 18.3 Å². The summed E-state index contributed by atoms with van der Waals surface area (Å²) in [6, 6.07) is 5.33. The van der Waals surface area contributed by atoms with E-state index in [0.29, 0.717) is 41.9 Å². The van der Waals surface area contributed by atoms with Crippen molar-refractivity contribution in [3.8, 4) is 11.3 Å². The fourth-order valence-corrected chi connectivity index (χ4v) is 4.90. The van der Waals surface area contributed by atoms with E-state index in [4.69, 9.17) is 23.2 Å². The Morgan fingerprint density at radius 3 is 2.59 bits per heavy atom. The van der Waals surface area contributed by atoms with Crippen molar-refractivity contribution in [1.29, 1.82) is 0 Å². The van der Waals surface area contributed by atoms with E-state index in [-0.39, 0.29) is 6.04 Å². The van der Waals surface area contributed by atoms with Crippen molar-refractivity contribution in [3.05, 3.63) is 50.0 Å². The van der Waals surface area contributed by atoms with E-state index in [9.17, 15) is 8.42 Å². The van der Waals surface area contributed by atoms with Crippen LogP contribution >= 0.6 is 45.8 Å². The van der Waals surface area contributed by atoms with Gasteiger partial charge in [0.1, 0.15) is 0 Å². The Balaban J connectivity index is 1.76. The highest BCUT2D eigenvalue weighted by molar-refractivity contribution is 14.1. The number of halogens is 3. The van der Waals surface area contributed by atoms with Gasteiger partial charge in [0.05, 0.1) is 15.7 Å². The van der Waals surface area contributed by atoms with Crippen LogP contribution in [0.1, 0.15) is 12.8 Å². The first kappa shape index (κ1) is 20.8. The molecule has 3 rings (SSSR count). The number of sulfonamides is 1. The molecule has 144 valence electrons. The van der Waals surface area contributed by atoms with Gasteiger partial charge in [-0.3, -0.25) is 0 Å². The number of hydrogen-bond acceptors (Lipinski definition) is 5. The monoisotopic (exact) mass is 538 g/mol. The summed E-state index contributed by atoms with van der Waals surface area (Å²) in [6.45, 7) is 4.64. The summed E-state index contributed by atoms with van der Waals surface area (Å²) in [6.07, 6.45) is 3.05. The average molecular weight is 539 g/mol. The number of aromatic nitrogens is 2. The Labute approximate surface area is 182 Å². The molecule has 0 saturated carbocycles. The standard InChI is InChI=1S/C17H17Cl2IN4O2S/c1-2-27(25,26)23-11-4-7-24(8-5-11)17-21-6-3-16(22-17)12-9-13(18)14(19)10-15(12)20/h2-3,6,9-11,23H,1,4-5,7-8H2.